The van der Waals surface area contributed by atoms with Crippen molar-refractivity contribution in [3.8, 4) is 22.4 Å². The van der Waals surface area contributed by atoms with Gasteiger partial charge in [-0.25, -0.2) is 0 Å². The first-order chi connectivity index (χ1) is 10.3. The minimum Gasteiger partial charge on any atom is -0.372 e. The molecule has 21 heavy (non-hydrogen) atoms. The number of hydrogen-bond acceptors (Lipinski definition) is 3. The molecule has 1 aliphatic carbocycles. The van der Waals surface area contributed by atoms with E-state index in [1.165, 1.54) is 22.3 Å². The molecule has 0 atom stereocenters. The summed E-state index contributed by atoms with van der Waals surface area (Å²) in [5.74, 6) is 0.785. The quantitative estimate of drug-likeness (QED) is 0.604. The van der Waals surface area contributed by atoms with E-state index in [0.29, 0.717) is 0 Å². The van der Waals surface area contributed by atoms with Gasteiger partial charge in [0, 0.05) is 12.6 Å². The number of aromatic nitrogens is 2. The van der Waals surface area contributed by atoms with Crippen LogP contribution in [0.2, 0.25) is 0 Å². The van der Waals surface area contributed by atoms with Crippen molar-refractivity contribution >= 4 is 5.82 Å². The Labute approximate surface area is 123 Å². The van der Waals surface area contributed by atoms with Gasteiger partial charge < -0.3 is 5.32 Å². The summed E-state index contributed by atoms with van der Waals surface area (Å²) in [7, 11) is 1.84. The van der Waals surface area contributed by atoms with Crippen molar-refractivity contribution in [3.05, 3.63) is 65.7 Å². The number of anilines is 1. The Balaban J connectivity index is 1.75. The van der Waals surface area contributed by atoms with Crippen LogP contribution in [0.4, 0.5) is 5.82 Å². The number of hydrogen-bond donors (Lipinski definition) is 1. The van der Waals surface area contributed by atoms with Gasteiger partial charge in [-0.05, 0) is 46.9 Å². The molecule has 1 aliphatic rings. The van der Waals surface area contributed by atoms with Crippen molar-refractivity contribution in [2.24, 2.45) is 0 Å². The molecule has 3 nitrogen and oxygen atoms in total. The molecule has 3 aromatic rings. The molecule has 2 aromatic carbocycles. The molecule has 3 heteroatoms. The van der Waals surface area contributed by atoms with Crippen LogP contribution < -0.4 is 5.32 Å². The van der Waals surface area contributed by atoms with Gasteiger partial charge in [0.2, 0.25) is 0 Å². The summed E-state index contributed by atoms with van der Waals surface area (Å²) in [6.07, 6.45) is 1.00. The lowest BCUT2D eigenvalue weighted by molar-refractivity contribution is 1.04. The minimum atomic E-state index is 0.785. The first-order valence-electron chi connectivity index (χ1n) is 7.08. The molecule has 1 heterocycles. The van der Waals surface area contributed by atoms with E-state index >= 15 is 0 Å². The molecule has 0 amide bonds. The van der Waals surface area contributed by atoms with Gasteiger partial charge in [-0.2, -0.15) is 0 Å². The van der Waals surface area contributed by atoms with Gasteiger partial charge in [-0.1, -0.05) is 36.4 Å². The molecule has 0 bridgehead atoms. The van der Waals surface area contributed by atoms with E-state index in [-0.39, 0.29) is 0 Å². The average Bonchev–Trinajstić information content (AvgIpc) is 2.92. The monoisotopic (exact) mass is 273 g/mol. The van der Waals surface area contributed by atoms with Crippen molar-refractivity contribution in [3.63, 3.8) is 0 Å². The average molecular weight is 273 g/mol. The molecule has 0 saturated carbocycles. The van der Waals surface area contributed by atoms with Gasteiger partial charge >= 0.3 is 0 Å². The van der Waals surface area contributed by atoms with Crippen LogP contribution in [0, 0.1) is 0 Å². The van der Waals surface area contributed by atoms with Crippen LogP contribution >= 0.6 is 0 Å². The smallest absolute Gasteiger partial charge is 0.148 e. The highest BCUT2D eigenvalue weighted by Crippen LogP contribution is 2.38. The first-order valence-corrected chi connectivity index (χ1v) is 7.08. The van der Waals surface area contributed by atoms with Crippen molar-refractivity contribution in [2.75, 3.05) is 12.4 Å². The summed E-state index contributed by atoms with van der Waals surface area (Å²) in [6, 6.07) is 19.1. The SMILES string of the molecule is CNc1ccc(-c2ccc3c(c2)Cc2ccccc2-3)nn1. The third-order valence-corrected chi connectivity index (χ3v) is 4.01. The van der Waals surface area contributed by atoms with E-state index in [1.807, 2.05) is 19.2 Å². The Morgan fingerprint density at radius 3 is 2.52 bits per heavy atom. The topological polar surface area (TPSA) is 37.8 Å². The van der Waals surface area contributed by atoms with Gasteiger partial charge in [0.1, 0.15) is 5.82 Å². The van der Waals surface area contributed by atoms with Crippen LogP contribution in [-0.4, -0.2) is 17.2 Å². The summed E-state index contributed by atoms with van der Waals surface area (Å²) < 4.78 is 0. The second-order valence-corrected chi connectivity index (χ2v) is 5.26. The molecule has 1 N–H and O–H groups in total. The summed E-state index contributed by atoms with van der Waals surface area (Å²) in [5.41, 5.74) is 7.50. The maximum atomic E-state index is 4.28. The van der Waals surface area contributed by atoms with Crippen LogP contribution in [0.5, 0.6) is 0 Å². The zero-order chi connectivity index (χ0) is 14.2. The van der Waals surface area contributed by atoms with Crippen LogP contribution in [0.1, 0.15) is 11.1 Å². The Hall–Kier alpha value is -2.68. The molecule has 102 valence electrons. The maximum Gasteiger partial charge on any atom is 0.148 e. The van der Waals surface area contributed by atoms with Gasteiger partial charge in [0.15, 0.2) is 0 Å². The molecule has 0 saturated heterocycles. The number of benzene rings is 2. The fourth-order valence-corrected chi connectivity index (χ4v) is 2.92. The normalized spacial score (nSPS) is 11.9. The summed E-state index contributed by atoms with van der Waals surface area (Å²) in [4.78, 5) is 0. The number of rotatable bonds is 2. The largest absolute Gasteiger partial charge is 0.372 e. The lowest BCUT2D eigenvalue weighted by Gasteiger charge is -2.05. The molecule has 0 aliphatic heterocycles. The Bertz CT molecular complexity index is 807. The molecule has 4 rings (SSSR count). The van der Waals surface area contributed by atoms with E-state index in [0.717, 1.165) is 23.5 Å². The standard InChI is InChI=1S/C18H15N3/c1-19-18-9-8-17(20-21-18)13-6-7-16-14(11-13)10-12-4-2-3-5-15(12)16/h2-9,11H,10H2,1H3,(H,19,21). The lowest BCUT2D eigenvalue weighted by Crippen LogP contribution is -1.95. The summed E-state index contributed by atoms with van der Waals surface area (Å²) >= 11 is 0. The first kappa shape index (κ1) is 12.1. The zero-order valence-electron chi connectivity index (χ0n) is 11.8. The molecule has 0 fully saturated rings. The van der Waals surface area contributed by atoms with Gasteiger partial charge in [-0.3, -0.25) is 0 Å². The third-order valence-electron chi connectivity index (χ3n) is 4.01. The van der Waals surface area contributed by atoms with E-state index in [2.05, 4.69) is 58.0 Å². The predicted octanol–water partition coefficient (Wildman–Crippen LogP) is 3.76. The molecule has 0 spiro atoms. The van der Waals surface area contributed by atoms with Gasteiger partial charge in [0.25, 0.3) is 0 Å². The molecule has 0 unspecified atom stereocenters. The highest BCUT2D eigenvalue weighted by atomic mass is 15.2. The van der Waals surface area contributed by atoms with Crippen molar-refractivity contribution in [2.45, 2.75) is 6.42 Å². The second kappa shape index (κ2) is 4.70. The van der Waals surface area contributed by atoms with Crippen LogP contribution in [0.15, 0.2) is 54.6 Å². The highest BCUT2D eigenvalue weighted by molar-refractivity contribution is 5.79. The van der Waals surface area contributed by atoms with E-state index in [9.17, 15) is 0 Å². The maximum absolute atomic E-state index is 4.28. The number of nitrogens with zero attached hydrogens (tertiary/aromatic N) is 2. The van der Waals surface area contributed by atoms with E-state index in [4.69, 9.17) is 0 Å². The van der Waals surface area contributed by atoms with Crippen LogP contribution in [0.3, 0.4) is 0 Å². The van der Waals surface area contributed by atoms with Gasteiger partial charge in [-0.15, -0.1) is 10.2 Å². The number of fused-ring (bicyclic) bond motifs is 3. The lowest BCUT2D eigenvalue weighted by atomic mass is 10.0. The third kappa shape index (κ3) is 1.98. The van der Waals surface area contributed by atoms with E-state index in [1.54, 1.807) is 0 Å². The Morgan fingerprint density at radius 2 is 1.71 bits per heavy atom. The highest BCUT2D eigenvalue weighted by Gasteiger charge is 2.18. The molecular formula is C18H15N3. The summed E-state index contributed by atoms with van der Waals surface area (Å²) in [5, 5.41) is 11.4. The van der Waals surface area contributed by atoms with Crippen molar-refractivity contribution in [1.29, 1.82) is 0 Å². The van der Waals surface area contributed by atoms with Crippen molar-refractivity contribution in [1.82, 2.24) is 10.2 Å². The zero-order valence-corrected chi connectivity index (χ0v) is 11.8. The van der Waals surface area contributed by atoms with Crippen LogP contribution in [0.25, 0.3) is 22.4 Å². The van der Waals surface area contributed by atoms with E-state index < -0.39 is 0 Å². The molecular weight excluding hydrogens is 258 g/mol. The second-order valence-electron chi connectivity index (χ2n) is 5.26. The fraction of sp³-hybridized carbons (Fsp3) is 0.111. The summed E-state index contributed by atoms with van der Waals surface area (Å²) in [6.45, 7) is 0. The molecule has 0 radical (unpaired) electrons. The number of nitrogens with one attached hydrogen (secondary N) is 1. The molecule has 1 aromatic heterocycles. The predicted molar refractivity (Wildman–Crippen MR) is 85.3 cm³/mol. The van der Waals surface area contributed by atoms with Crippen LogP contribution in [-0.2, 0) is 6.42 Å². The Morgan fingerprint density at radius 1 is 0.857 bits per heavy atom. The van der Waals surface area contributed by atoms with Gasteiger partial charge in [0.05, 0.1) is 5.69 Å². The Kier molecular flexibility index (Phi) is 2.71. The minimum absolute atomic E-state index is 0.785. The van der Waals surface area contributed by atoms with Crippen molar-refractivity contribution < 1.29 is 0 Å². The fourth-order valence-electron chi connectivity index (χ4n) is 2.92.